The molecule has 0 radical (unpaired) electrons. The van der Waals surface area contributed by atoms with Gasteiger partial charge >= 0.3 is 6.09 Å². The van der Waals surface area contributed by atoms with Crippen LogP contribution in [0.25, 0.3) is 0 Å². The molecule has 25 heavy (non-hydrogen) atoms. The number of amides is 1. The monoisotopic (exact) mass is 346 g/mol. The molecule has 1 amide bonds. The summed E-state index contributed by atoms with van der Waals surface area (Å²) < 4.78 is 5.50. The molecule has 1 saturated heterocycles. The number of ether oxygens (including phenoxy) is 1. The molecule has 4 heteroatoms. The number of nitrogens with one attached hydrogen (secondary N) is 1. The van der Waals surface area contributed by atoms with Crippen LogP contribution in [0, 0.1) is 5.92 Å². The SMILES string of the molecule is CCCCc1ccc(NCC2CCCN(C(=O)OC(C)(C)C)C2)cc1. The Labute approximate surface area is 152 Å². The summed E-state index contributed by atoms with van der Waals surface area (Å²) in [5.41, 5.74) is 2.14. The first-order valence-electron chi connectivity index (χ1n) is 9.68. The fourth-order valence-electron chi connectivity index (χ4n) is 3.16. The van der Waals surface area contributed by atoms with Crippen LogP contribution >= 0.6 is 0 Å². The Hall–Kier alpha value is -1.71. The molecular formula is C21H34N2O2. The number of hydrogen-bond acceptors (Lipinski definition) is 3. The maximum atomic E-state index is 12.2. The van der Waals surface area contributed by atoms with Crippen molar-refractivity contribution < 1.29 is 9.53 Å². The van der Waals surface area contributed by atoms with Crippen LogP contribution in [0.15, 0.2) is 24.3 Å². The second-order valence-corrected chi connectivity index (χ2v) is 8.12. The van der Waals surface area contributed by atoms with E-state index in [-0.39, 0.29) is 6.09 Å². The second-order valence-electron chi connectivity index (χ2n) is 8.12. The molecule has 1 unspecified atom stereocenters. The number of anilines is 1. The van der Waals surface area contributed by atoms with Gasteiger partial charge in [-0.2, -0.15) is 0 Å². The van der Waals surface area contributed by atoms with Gasteiger partial charge in [0.05, 0.1) is 0 Å². The number of carbonyl (C=O) groups is 1. The molecule has 0 aliphatic carbocycles. The Kier molecular flexibility index (Phi) is 7.15. The fourth-order valence-corrected chi connectivity index (χ4v) is 3.16. The molecule has 1 aromatic rings. The van der Waals surface area contributed by atoms with Gasteiger partial charge in [0.25, 0.3) is 0 Å². The summed E-state index contributed by atoms with van der Waals surface area (Å²) in [6.45, 7) is 10.4. The Balaban J connectivity index is 1.79. The summed E-state index contributed by atoms with van der Waals surface area (Å²) in [6, 6.07) is 8.76. The number of hydrogen-bond donors (Lipinski definition) is 1. The maximum Gasteiger partial charge on any atom is 0.410 e. The van der Waals surface area contributed by atoms with E-state index >= 15 is 0 Å². The van der Waals surface area contributed by atoms with Gasteiger partial charge in [0.15, 0.2) is 0 Å². The quantitative estimate of drug-likeness (QED) is 0.780. The van der Waals surface area contributed by atoms with Gasteiger partial charge < -0.3 is 15.0 Å². The lowest BCUT2D eigenvalue weighted by Gasteiger charge is -2.34. The lowest BCUT2D eigenvalue weighted by atomic mass is 9.98. The molecule has 1 fully saturated rings. The topological polar surface area (TPSA) is 41.6 Å². The number of likely N-dealkylation sites (tertiary alicyclic amines) is 1. The lowest BCUT2D eigenvalue weighted by molar-refractivity contribution is 0.0172. The van der Waals surface area contributed by atoms with Crippen molar-refractivity contribution in [2.45, 2.75) is 65.4 Å². The van der Waals surface area contributed by atoms with E-state index in [2.05, 4.69) is 36.5 Å². The first-order chi connectivity index (χ1) is 11.9. The summed E-state index contributed by atoms with van der Waals surface area (Å²) in [4.78, 5) is 14.1. The highest BCUT2D eigenvalue weighted by atomic mass is 16.6. The zero-order chi connectivity index (χ0) is 18.3. The number of carbonyl (C=O) groups excluding carboxylic acids is 1. The molecule has 0 spiro atoms. The van der Waals surface area contributed by atoms with Gasteiger partial charge in [-0.05, 0) is 70.1 Å². The van der Waals surface area contributed by atoms with Crippen molar-refractivity contribution in [1.29, 1.82) is 0 Å². The molecule has 0 bridgehead atoms. The van der Waals surface area contributed by atoms with Crippen LogP contribution in [0.2, 0.25) is 0 Å². The minimum absolute atomic E-state index is 0.183. The normalized spacial score (nSPS) is 18.1. The smallest absolute Gasteiger partial charge is 0.410 e. The predicted molar refractivity (Wildman–Crippen MR) is 104 cm³/mol. The average molecular weight is 347 g/mol. The van der Waals surface area contributed by atoms with Crippen molar-refractivity contribution in [3.8, 4) is 0 Å². The van der Waals surface area contributed by atoms with Crippen LogP contribution in [0.5, 0.6) is 0 Å². The van der Waals surface area contributed by atoms with Gasteiger partial charge in [0, 0.05) is 25.3 Å². The van der Waals surface area contributed by atoms with Gasteiger partial charge in [0.2, 0.25) is 0 Å². The van der Waals surface area contributed by atoms with E-state index in [1.807, 2.05) is 25.7 Å². The first-order valence-corrected chi connectivity index (χ1v) is 9.68. The van der Waals surface area contributed by atoms with Crippen LogP contribution < -0.4 is 5.32 Å². The van der Waals surface area contributed by atoms with E-state index in [1.54, 1.807) is 0 Å². The molecule has 0 saturated carbocycles. The van der Waals surface area contributed by atoms with Crippen molar-refractivity contribution in [2.75, 3.05) is 25.0 Å². The average Bonchev–Trinajstić information content (AvgIpc) is 2.58. The lowest BCUT2D eigenvalue weighted by Crippen LogP contribution is -2.44. The molecule has 4 nitrogen and oxygen atoms in total. The highest BCUT2D eigenvalue weighted by molar-refractivity contribution is 5.68. The Morgan fingerprint density at radius 2 is 2.00 bits per heavy atom. The molecule has 1 aliphatic rings. The Morgan fingerprint density at radius 1 is 1.28 bits per heavy atom. The summed E-state index contributed by atoms with van der Waals surface area (Å²) in [7, 11) is 0. The van der Waals surface area contributed by atoms with E-state index in [4.69, 9.17) is 4.74 Å². The third kappa shape index (κ3) is 6.97. The minimum atomic E-state index is -0.429. The van der Waals surface area contributed by atoms with Crippen LogP contribution in [-0.2, 0) is 11.2 Å². The number of aryl methyl sites for hydroxylation is 1. The molecule has 1 N–H and O–H groups in total. The van der Waals surface area contributed by atoms with Crippen molar-refractivity contribution in [1.82, 2.24) is 4.90 Å². The van der Waals surface area contributed by atoms with E-state index in [0.717, 1.165) is 44.6 Å². The van der Waals surface area contributed by atoms with E-state index in [1.165, 1.54) is 18.4 Å². The largest absolute Gasteiger partial charge is 0.444 e. The standard InChI is InChI=1S/C21H34N2O2/c1-5-6-8-17-10-12-19(13-11-17)22-15-18-9-7-14-23(16-18)20(24)25-21(2,3)4/h10-13,18,22H,5-9,14-16H2,1-4H3. The molecule has 2 rings (SSSR count). The first kappa shape index (κ1) is 19.6. The van der Waals surface area contributed by atoms with Crippen molar-refractivity contribution >= 4 is 11.8 Å². The summed E-state index contributed by atoms with van der Waals surface area (Å²) in [5.74, 6) is 0.473. The van der Waals surface area contributed by atoms with Gasteiger partial charge in [-0.3, -0.25) is 0 Å². The van der Waals surface area contributed by atoms with Crippen LogP contribution in [0.1, 0.15) is 58.9 Å². The van der Waals surface area contributed by atoms with Gasteiger partial charge in [0.1, 0.15) is 5.60 Å². The number of piperidine rings is 1. The number of rotatable bonds is 6. The fraction of sp³-hybridized carbons (Fsp3) is 0.667. The maximum absolute atomic E-state index is 12.2. The summed E-state index contributed by atoms with van der Waals surface area (Å²) in [6.07, 6.45) is 5.65. The number of unbranched alkanes of at least 4 members (excludes halogenated alkanes) is 1. The highest BCUT2D eigenvalue weighted by Gasteiger charge is 2.27. The number of nitrogens with zero attached hydrogens (tertiary/aromatic N) is 1. The minimum Gasteiger partial charge on any atom is -0.444 e. The zero-order valence-corrected chi connectivity index (χ0v) is 16.3. The Morgan fingerprint density at radius 3 is 2.64 bits per heavy atom. The molecular weight excluding hydrogens is 312 g/mol. The zero-order valence-electron chi connectivity index (χ0n) is 16.3. The summed E-state index contributed by atoms with van der Waals surface area (Å²) in [5, 5.41) is 3.53. The van der Waals surface area contributed by atoms with Crippen LogP contribution in [0.4, 0.5) is 10.5 Å². The predicted octanol–water partition coefficient (Wildman–Crippen LogP) is 5.09. The van der Waals surface area contributed by atoms with Gasteiger partial charge in [-0.1, -0.05) is 25.5 Å². The third-order valence-electron chi connectivity index (χ3n) is 4.54. The highest BCUT2D eigenvalue weighted by Crippen LogP contribution is 2.20. The molecule has 140 valence electrons. The van der Waals surface area contributed by atoms with Crippen LogP contribution in [-0.4, -0.2) is 36.2 Å². The molecule has 1 aromatic carbocycles. The number of benzene rings is 1. The Bertz CT molecular complexity index is 534. The molecule has 1 aliphatic heterocycles. The summed E-state index contributed by atoms with van der Waals surface area (Å²) >= 11 is 0. The van der Waals surface area contributed by atoms with Crippen molar-refractivity contribution in [3.05, 3.63) is 29.8 Å². The molecule has 1 atom stereocenters. The van der Waals surface area contributed by atoms with E-state index in [9.17, 15) is 4.79 Å². The molecule has 0 aromatic heterocycles. The van der Waals surface area contributed by atoms with E-state index in [0.29, 0.717) is 5.92 Å². The van der Waals surface area contributed by atoms with Crippen LogP contribution in [0.3, 0.4) is 0 Å². The van der Waals surface area contributed by atoms with Crippen molar-refractivity contribution in [2.24, 2.45) is 5.92 Å². The molecule has 1 heterocycles. The van der Waals surface area contributed by atoms with E-state index < -0.39 is 5.60 Å². The third-order valence-corrected chi connectivity index (χ3v) is 4.54. The van der Waals surface area contributed by atoms with Gasteiger partial charge in [-0.15, -0.1) is 0 Å². The van der Waals surface area contributed by atoms with Gasteiger partial charge in [-0.25, -0.2) is 4.79 Å². The van der Waals surface area contributed by atoms with Crippen molar-refractivity contribution in [3.63, 3.8) is 0 Å². The second kappa shape index (κ2) is 9.12.